The minimum atomic E-state index is -3.99. The summed E-state index contributed by atoms with van der Waals surface area (Å²) in [5.74, 6) is 5.07. The first-order valence-corrected chi connectivity index (χ1v) is 7.79. The van der Waals surface area contributed by atoms with E-state index in [0.717, 1.165) is 0 Å². The molecule has 0 saturated heterocycles. The molecule has 0 aliphatic heterocycles. The quantitative estimate of drug-likeness (QED) is 0.740. The Bertz CT molecular complexity index is 785. The minimum Gasteiger partial charge on any atom is -0.384 e. The lowest BCUT2D eigenvalue weighted by atomic mass is 10.2. The maximum atomic E-state index is 12.3. The van der Waals surface area contributed by atoms with Crippen molar-refractivity contribution >= 4 is 39.2 Å². The Morgan fingerprint density at radius 2 is 2.00 bits per heavy atom. The fourth-order valence-corrected chi connectivity index (χ4v) is 3.73. The van der Waals surface area contributed by atoms with Crippen LogP contribution in [0.5, 0.6) is 0 Å². The van der Waals surface area contributed by atoms with Crippen molar-refractivity contribution in [1.29, 1.82) is 0 Å². The smallest absolute Gasteiger partial charge is 0.267 e. The molecule has 0 amide bonds. The number of imidazole rings is 1. The second-order valence-electron chi connectivity index (χ2n) is 3.77. The van der Waals surface area contributed by atoms with E-state index in [4.69, 9.17) is 28.3 Å². The molecule has 0 radical (unpaired) electrons. The van der Waals surface area contributed by atoms with Crippen LogP contribution in [0.3, 0.4) is 0 Å². The van der Waals surface area contributed by atoms with Gasteiger partial charge in [0, 0.05) is 18.0 Å². The summed E-state index contributed by atoms with van der Waals surface area (Å²) in [7, 11) is -3.99. The Labute approximate surface area is 131 Å². The van der Waals surface area contributed by atoms with Crippen LogP contribution in [0.1, 0.15) is 5.56 Å². The summed E-state index contributed by atoms with van der Waals surface area (Å²) in [6, 6.07) is 2.71. The molecule has 0 saturated carbocycles. The largest absolute Gasteiger partial charge is 0.384 e. The molecule has 1 heterocycles. The SMILES string of the molecule is O=S(=O)(Nc1ncc[nH]1)c1c(Cl)cc(C#CCO)cc1Cl. The molecule has 0 aliphatic carbocycles. The number of sulfonamides is 1. The summed E-state index contributed by atoms with van der Waals surface area (Å²) in [6.07, 6.45) is 2.86. The molecule has 0 bridgehead atoms. The van der Waals surface area contributed by atoms with Gasteiger partial charge in [0.15, 0.2) is 0 Å². The van der Waals surface area contributed by atoms with Crippen molar-refractivity contribution < 1.29 is 13.5 Å². The van der Waals surface area contributed by atoms with Crippen molar-refractivity contribution in [3.8, 4) is 11.8 Å². The van der Waals surface area contributed by atoms with Crippen LogP contribution in [-0.2, 0) is 10.0 Å². The summed E-state index contributed by atoms with van der Waals surface area (Å²) >= 11 is 11.9. The number of aromatic amines is 1. The highest BCUT2D eigenvalue weighted by Crippen LogP contribution is 2.31. The average Bonchev–Trinajstić information content (AvgIpc) is 2.87. The summed E-state index contributed by atoms with van der Waals surface area (Å²) in [5.41, 5.74) is 0.399. The predicted octanol–water partition coefficient (Wildman–Crippen LogP) is 1.86. The molecular weight excluding hydrogens is 337 g/mol. The molecule has 1 aromatic carbocycles. The van der Waals surface area contributed by atoms with Gasteiger partial charge in [-0.1, -0.05) is 35.0 Å². The summed E-state index contributed by atoms with van der Waals surface area (Å²) in [4.78, 5) is 6.10. The van der Waals surface area contributed by atoms with Gasteiger partial charge in [0.25, 0.3) is 10.0 Å². The fourth-order valence-electron chi connectivity index (χ4n) is 1.53. The number of benzene rings is 1. The Balaban J connectivity index is 2.44. The van der Waals surface area contributed by atoms with Crippen molar-refractivity contribution in [2.45, 2.75) is 4.90 Å². The maximum Gasteiger partial charge on any atom is 0.267 e. The van der Waals surface area contributed by atoms with Gasteiger partial charge in [-0.25, -0.2) is 18.1 Å². The van der Waals surface area contributed by atoms with Crippen LogP contribution < -0.4 is 4.72 Å². The zero-order valence-corrected chi connectivity index (χ0v) is 12.7. The van der Waals surface area contributed by atoms with Gasteiger partial charge in [-0.15, -0.1) is 0 Å². The normalized spacial score (nSPS) is 10.8. The third kappa shape index (κ3) is 3.68. The lowest BCUT2D eigenvalue weighted by Gasteiger charge is -2.09. The molecule has 2 rings (SSSR count). The third-order valence-corrected chi connectivity index (χ3v) is 4.57. The van der Waals surface area contributed by atoms with Crippen LogP contribution in [0.4, 0.5) is 5.95 Å². The van der Waals surface area contributed by atoms with E-state index in [1.165, 1.54) is 24.5 Å². The Kier molecular flexibility index (Phi) is 4.75. The first-order chi connectivity index (χ1) is 9.94. The van der Waals surface area contributed by atoms with Gasteiger partial charge in [-0.3, -0.25) is 0 Å². The number of nitrogens with one attached hydrogen (secondary N) is 2. The van der Waals surface area contributed by atoms with Crippen molar-refractivity contribution in [3.05, 3.63) is 40.1 Å². The summed E-state index contributed by atoms with van der Waals surface area (Å²) in [6.45, 7) is -0.324. The van der Waals surface area contributed by atoms with E-state index in [1.807, 2.05) is 0 Å². The van der Waals surface area contributed by atoms with Gasteiger partial charge in [0.2, 0.25) is 5.95 Å². The molecule has 3 N–H and O–H groups in total. The minimum absolute atomic E-state index is 0.0475. The molecule has 0 unspecified atom stereocenters. The third-order valence-electron chi connectivity index (χ3n) is 2.31. The average molecular weight is 346 g/mol. The zero-order chi connectivity index (χ0) is 15.5. The number of hydrogen-bond acceptors (Lipinski definition) is 4. The number of nitrogens with zero attached hydrogens (tertiary/aromatic N) is 1. The molecule has 110 valence electrons. The van der Waals surface area contributed by atoms with Crippen LogP contribution in [0, 0.1) is 11.8 Å². The molecule has 0 aliphatic rings. The lowest BCUT2D eigenvalue weighted by Crippen LogP contribution is -2.15. The number of halogens is 2. The Hall–Kier alpha value is -1.72. The van der Waals surface area contributed by atoms with Gasteiger partial charge < -0.3 is 10.1 Å². The van der Waals surface area contributed by atoms with Crippen molar-refractivity contribution in [3.63, 3.8) is 0 Å². The monoisotopic (exact) mass is 345 g/mol. The van der Waals surface area contributed by atoms with Gasteiger partial charge in [-0.2, -0.15) is 0 Å². The van der Waals surface area contributed by atoms with Gasteiger partial charge >= 0.3 is 0 Å². The molecule has 9 heteroatoms. The number of H-pyrrole nitrogens is 1. The molecule has 0 atom stereocenters. The predicted molar refractivity (Wildman–Crippen MR) is 79.8 cm³/mol. The summed E-state index contributed by atoms with van der Waals surface area (Å²) < 4.78 is 26.7. The van der Waals surface area contributed by atoms with Crippen LogP contribution in [0.2, 0.25) is 10.0 Å². The number of hydrogen-bond donors (Lipinski definition) is 3. The number of rotatable bonds is 3. The van der Waals surface area contributed by atoms with Crippen LogP contribution in [-0.4, -0.2) is 30.1 Å². The Morgan fingerprint density at radius 1 is 1.33 bits per heavy atom. The molecule has 21 heavy (non-hydrogen) atoms. The standard InChI is InChI=1S/C12H9Cl2N3O3S/c13-9-6-8(2-1-5-18)7-10(14)11(9)21(19,20)17-12-15-3-4-16-12/h3-4,6-7,18H,5H2,(H2,15,16,17). The number of anilines is 1. The first-order valence-electron chi connectivity index (χ1n) is 5.55. The number of aliphatic hydroxyl groups excluding tert-OH is 1. The van der Waals surface area contributed by atoms with E-state index in [9.17, 15) is 8.42 Å². The van der Waals surface area contributed by atoms with E-state index in [2.05, 4.69) is 26.5 Å². The fraction of sp³-hybridized carbons (Fsp3) is 0.0833. The van der Waals surface area contributed by atoms with Crippen molar-refractivity contribution in [2.24, 2.45) is 0 Å². The van der Waals surface area contributed by atoms with Crippen molar-refractivity contribution in [2.75, 3.05) is 11.3 Å². The summed E-state index contributed by atoms with van der Waals surface area (Å²) in [5, 5.41) is 8.48. The lowest BCUT2D eigenvalue weighted by molar-refractivity contribution is 0.350. The zero-order valence-electron chi connectivity index (χ0n) is 10.4. The number of aliphatic hydroxyl groups is 1. The van der Waals surface area contributed by atoms with Gasteiger partial charge in [0.1, 0.15) is 11.5 Å². The van der Waals surface area contributed by atoms with Crippen molar-refractivity contribution in [1.82, 2.24) is 9.97 Å². The number of aromatic nitrogens is 2. The van der Waals surface area contributed by atoms with E-state index in [-0.39, 0.29) is 27.5 Å². The van der Waals surface area contributed by atoms with E-state index >= 15 is 0 Å². The molecular formula is C12H9Cl2N3O3S. The van der Waals surface area contributed by atoms with Gasteiger partial charge in [-0.05, 0) is 12.1 Å². The van der Waals surface area contributed by atoms with E-state index < -0.39 is 10.0 Å². The topological polar surface area (TPSA) is 95.1 Å². The van der Waals surface area contributed by atoms with Crippen LogP contribution in [0.15, 0.2) is 29.4 Å². The van der Waals surface area contributed by atoms with Gasteiger partial charge in [0.05, 0.1) is 10.0 Å². The highest BCUT2D eigenvalue weighted by molar-refractivity contribution is 7.93. The molecule has 2 aromatic rings. The highest BCUT2D eigenvalue weighted by Gasteiger charge is 2.23. The van der Waals surface area contributed by atoms with Crippen LogP contribution in [0.25, 0.3) is 0 Å². The molecule has 6 nitrogen and oxygen atoms in total. The first kappa shape index (κ1) is 15.7. The molecule has 0 fully saturated rings. The molecule has 1 aromatic heterocycles. The second-order valence-corrected chi connectivity index (χ2v) is 6.21. The Morgan fingerprint density at radius 3 is 2.52 bits per heavy atom. The molecule has 0 spiro atoms. The van der Waals surface area contributed by atoms with E-state index in [1.54, 1.807) is 0 Å². The maximum absolute atomic E-state index is 12.3. The highest BCUT2D eigenvalue weighted by atomic mass is 35.5. The van der Waals surface area contributed by atoms with Crippen LogP contribution >= 0.6 is 23.2 Å². The second kappa shape index (κ2) is 6.37. The van der Waals surface area contributed by atoms with E-state index in [0.29, 0.717) is 5.56 Å².